The molecule has 0 aliphatic carbocycles. The SMILES string of the molecule is CCCNC/C(=C/c1ccc(F)c(C(F)(F)F)c1)CC. The molecule has 0 amide bonds. The molecule has 0 bridgehead atoms. The lowest BCUT2D eigenvalue weighted by molar-refractivity contribution is -0.140. The normalized spacial score (nSPS) is 12.8. The summed E-state index contributed by atoms with van der Waals surface area (Å²) < 4.78 is 51.1. The van der Waals surface area contributed by atoms with Crippen molar-refractivity contribution in [3.63, 3.8) is 0 Å². The Morgan fingerprint density at radius 3 is 2.50 bits per heavy atom. The predicted molar refractivity (Wildman–Crippen MR) is 72.8 cm³/mol. The third-order valence-corrected chi connectivity index (χ3v) is 2.90. The van der Waals surface area contributed by atoms with Crippen LogP contribution in [0, 0.1) is 5.82 Å². The van der Waals surface area contributed by atoms with E-state index in [1.54, 1.807) is 6.08 Å². The second-order valence-corrected chi connectivity index (χ2v) is 4.57. The van der Waals surface area contributed by atoms with Crippen LogP contribution in [0.1, 0.15) is 37.8 Å². The van der Waals surface area contributed by atoms with E-state index in [4.69, 9.17) is 0 Å². The molecule has 1 nitrogen and oxygen atoms in total. The van der Waals surface area contributed by atoms with E-state index < -0.39 is 17.6 Å². The molecule has 0 aromatic heterocycles. The maximum absolute atomic E-state index is 13.2. The van der Waals surface area contributed by atoms with Crippen molar-refractivity contribution in [2.45, 2.75) is 32.9 Å². The molecule has 1 aromatic rings. The van der Waals surface area contributed by atoms with Gasteiger partial charge in [0.2, 0.25) is 0 Å². The molecule has 0 radical (unpaired) electrons. The van der Waals surface area contributed by atoms with Crippen LogP contribution < -0.4 is 5.32 Å². The van der Waals surface area contributed by atoms with Gasteiger partial charge in [-0.25, -0.2) is 4.39 Å². The van der Waals surface area contributed by atoms with Gasteiger partial charge in [0.25, 0.3) is 0 Å². The number of halogens is 4. The van der Waals surface area contributed by atoms with Crippen molar-refractivity contribution in [2.24, 2.45) is 0 Å². The number of hydrogen-bond donors (Lipinski definition) is 1. The molecule has 1 rings (SSSR count). The van der Waals surface area contributed by atoms with E-state index in [1.807, 2.05) is 13.8 Å². The van der Waals surface area contributed by atoms with Crippen LogP contribution in [0.25, 0.3) is 6.08 Å². The molecule has 5 heteroatoms. The molecule has 1 aromatic carbocycles. The van der Waals surface area contributed by atoms with Gasteiger partial charge in [-0.1, -0.05) is 31.6 Å². The smallest absolute Gasteiger partial charge is 0.313 e. The summed E-state index contributed by atoms with van der Waals surface area (Å²) >= 11 is 0. The Bertz CT molecular complexity index is 463. The zero-order chi connectivity index (χ0) is 15.2. The van der Waals surface area contributed by atoms with E-state index in [-0.39, 0.29) is 0 Å². The Balaban J connectivity index is 2.95. The lowest BCUT2D eigenvalue weighted by atomic mass is 10.1. The Morgan fingerprint density at radius 2 is 1.95 bits per heavy atom. The minimum absolute atomic E-state index is 0.369. The summed E-state index contributed by atoms with van der Waals surface area (Å²) in [5.74, 6) is -1.24. The largest absolute Gasteiger partial charge is 0.419 e. The first-order valence-electron chi connectivity index (χ1n) is 6.65. The van der Waals surface area contributed by atoms with Crippen LogP contribution in [0.4, 0.5) is 17.6 Å². The first kappa shape index (κ1) is 16.7. The molecule has 0 heterocycles. The molecule has 0 saturated heterocycles. The quantitative estimate of drug-likeness (QED) is 0.594. The number of rotatable bonds is 6. The van der Waals surface area contributed by atoms with E-state index in [2.05, 4.69) is 5.32 Å². The fraction of sp³-hybridized carbons (Fsp3) is 0.467. The molecular formula is C15H19F4N. The summed E-state index contributed by atoms with van der Waals surface area (Å²) in [5, 5.41) is 3.20. The van der Waals surface area contributed by atoms with Crippen molar-refractivity contribution >= 4 is 6.08 Å². The van der Waals surface area contributed by atoms with E-state index >= 15 is 0 Å². The van der Waals surface area contributed by atoms with Crippen molar-refractivity contribution < 1.29 is 17.6 Å². The molecule has 0 aliphatic rings. The first-order valence-corrected chi connectivity index (χ1v) is 6.65. The summed E-state index contributed by atoms with van der Waals surface area (Å²) in [7, 11) is 0. The average molecular weight is 289 g/mol. The molecule has 0 aliphatic heterocycles. The van der Waals surface area contributed by atoms with Crippen LogP contribution in [-0.2, 0) is 6.18 Å². The van der Waals surface area contributed by atoms with Crippen molar-refractivity contribution in [1.29, 1.82) is 0 Å². The van der Waals surface area contributed by atoms with E-state index in [9.17, 15) is 17.6 Å². The van der Waals surface area contributed by atoms with Gasteiger partial charge in [-0.2, -0.15) is 13.2 Å². The monoisotopic (exact) mass is 289 g/mol. The summed E-state index contributed by atoms with van der Waals surface area (Å²) in [6, 6.07) is 3.08. The van der Waals surface area contributed by atoms with Gasteiger partial charge >= 0.3 is 6.18 Å². The Hall–Kier alpha value is -1.36. The van der Waals surface area contributed by atoms with Gasteiger partial charge in [-0.05, 0) is 37.1 Å². The number of benzene rings is 1. The van der Waals surface area contributed by atoms with Gasteiger partial charge in [-0.3, -0.25) is 0 Å². The number of alkyl halides is 3. The standard InChI is InChI=1S/C15H19F4N/c1-3-7-20-10-11(4-2)8-12-5-6-14(16)13(9-12)15(17,18)19/h5-6,8-9,20H,3-4,7,10H2,1-2H3/b11-8+. The average Bonchev–Trinajstić information content (AvgIpc) is 2.38. The van der Waals surface area contributed by atoms with Crippen LogP contribution in [0.3, 0.4) is 0 Å². The molecule has 0 atom stereocenters. The van der Waals surface area contributed by atoms with Crippen molar-refractivity contribution in [3.8, 4) is 0 Å². The van der Waals surface area contributed by atoms with Crippen LogP contribution >= 0.6 is 0 Å². The Morgan fingerprint density at radius 1 is 1.25 bits per heavy atom. The zero-order valence-corrected chi connectivity index (χ0v) is 11.6. The molecule has 112 valence electrons. The van der Waals surface area contributed by atoms with Gasteiger partial charge in [0, 0.05) is 6.54 Å². The number of hydrogen-bond acceptors (Lipinski definition) is 1. The molecule has 0 unspecified atom stereocenters. The van der Waals surface area contributed by atoms with Gasteiger partial charge in [0.15, 0.2) is 0 Å². The highest BCUT2D eigenvalue weighted by Gasteiger charge is 2.33. The third kappa shape index (κ3) is 4.96. The Kier molecular flexibility index (Phi) is 6.20. The predicted octanol–water partition coefficient (Wildman–Crippen LogP) is 4.64. The van der Waals surface area contributed by atoms with E-state index in [0.29, 0.717) is 12.1 Å². The van der Waals surface area contributed by atoms with Crippen LogP contribution in [0.15, 0.2) is 23.8 Å². The maximum Gasteiger partial charge on any atom is 0.419 e. The molecule has 0 spiro atoms. The lowest BCUT2D eigenvalue weighted by Gasteiger charge is -2.10. The third-order valence-electron chi connectivity index (χ3n) is 2.90. The zero-order valence-electron chi connectivity index (χ0n) is 11.6. The highest BCUT2D eigenvalue weighted by atomic mass is 19.4. The van der Waals surface area contributed by atoms with Crippen molar-refractivity contribution in [2.75, 3.05) is 13.1 Å². The molecule has 20 heavy (non-hydrogen) atoms. The summed E-state index contributed by atoms with van der Waals surface area (Å²) in [4.78, 5) is 0. The molecule has 0 fully saturated rings. The Labute approximate surface area is 116 Å². The van der Waals surface area contributed by atoms with E-state index in [0.717, 1.165) is 37.1 Å². The summed E-state index contributed by atoms with van der Waals surface area (Å²) in [6.07, 6.45) is -1.26. The number of nitrogens with one attached hydrogen (secondary N) is 1. The first-order chi connectivity index (χ1) is 9.38. The highest BCUT2D eigenvalue weighted by molar-refractivity contribution is 5.54. The van der Waals surface area contributed by atoms with Gasteiger partial charge < -0.3 is 5.32 Å². The van der Waals surface area contributed by atoms with E-state index in [1.165, 1.54) is 6.07 Å². The molecular weight excluding hydrogens is 270 g/mol. The molecule has 0 saturated carbocycles. The van der Waals surface area contributed by atoms with Crippen molar-refractivity contribution in [1.82, 2.24) is 5.32 Å². The van der Waals surface area contributed by atoms with Crippen LogP contribution in [0.5, 0.6) is 0 Å². The highest BCUT2D eigenvalue weighted by Crippen LogP contribution is 2.32. The van der Waals surface area contributed by atoms with Gasteiger partial charge in [0.1, 0.15) is 5.82 Å². The second kappa shape index (κ2) is 7.43. The van der Waals surface area contributed by atoms with Gasteiger partial charge in [0.05, 0.1) is 5.56 Å². The van der Waals surface area contributed by atoms with Crippen LogP contribution in [-0.4, -0.2) is 13.1 Å². The summed E-state index contributed by atoms with van der Waals surface area (Å²) in [6.45, 7) is 5.46. The minimum Gasteiger partial charge on any atom is -0.313 e. The fourth-order valence-corrected chi connectivity index (χ4v) is 1.79. The summed E-state index contributed by atoms with van der Waals surface area (Å²) in [5.41, 5.74) is 0.135. The second-order valence-electron chi connectivity index (χ2n) is 4.57. The van der Waals surface area contributed by atoms with Crippen LogP contribution in [0.2, 0.25) is 0 Å². The maximum atomic E-state index is 13.2. The topological polar surface area (TPSA) is 12.0 Å². The molecule has 1 N–H and O–H groups in total. The minimum atomic E-state index is -4.67. The fourth-order valence-electron chi connectivity index (χ4n) is 1.79. The van der Waals surface area contributed by atoms with Gasteiger partial charge in [-0.15, -0.1) is 0 Å². The lowest BCUT2D eigenvalue weighted by Crippen LogP contribution is -2.17. The van der Waals surface area contributed by atoms with Crippen molar-refractivity contribution in [3.05, 3.63) is 40.7 Å².